The molecule has 18 heavy (non-hydrogen) atoms. The number of nitrogens with zero attached hydrogens (tertiary/aromatic N) is 1. The van der Waals surface area contributed by atoms with Gasteiger partial charge >= 0.3 is 0 Å². The van der Waals surface area contributed by atoms with Gasteiger partial charge in [0.2, 0.25) is 5.91 Å². The average Bonchev–Trinajstić information content (AvgIpc) is 2.63. The number of nitrogens with two attached hydrogens (primary N) is 1. The van der Waals surface area contributed by atoms with Crippen LogP contribution in [0, 0.1) is 5.92 Å². The average molecular weight is 247 g/mol. The molecular formula is C14H21N3O. The summed E-state index contributed by atoms with van der Waals surface area (Å²) in [4.78, 5) is 13.3. The van der Waals surface area contributed by atoms with Gasteiger partial charge in [-0.15, -0.1) is 0 Å². The maximum Gasteiger partial charge on any atom is 0.231 e. The maximum absolute atomic E-state index is 11.6. The Morgan fingerprint density at radius 3 is 3.00 bits per heavy atom. The van der Waals surface area contributed by atoms with Crippen LogP contribution in [0.1, 0.15) is 18.9 Å². The third-order valence-electron chi connectivity index (χ3n) is 3.47. The molecule has 0 bridgehead atoms. The van der Waals surface area contributed by atoms with Gasteiger partial charge in [0.05, 0.1) is 6.42 Å². The number of hydrogen-bond donors (Lipinski definition) is 2. The SMILES string of the molecule is CC(CCN)CNc1ccc2c(c1)CC(=O)N2C. The second kappa shape index (κ2) is 5.40. The lowest BCUT2D eigenvalue weighted by Gasteiger charge is -2.14. The van der Waals surface area contributed by atoms with Gasteiger partial charge in [-0.1, -0.05) is 6.92 Å². The minimum atomic E-state index is 0.165. The van der Waals surface area contributed by atoms with E-state index in [2.05, 4.69) is 18.3 Å². The Morgan fingerprint density at radius 1 is 1.50 bits per heavy atom. The van der Waals surface area contributed by atoms with Gasteiger partial charge in [0.1, 0.15) is 0 Å². The number of amides is 1. The van der Waals surface area contributed by atoms with Crippen molar-refractivity contribution in [3.05, 3.63) is 23.8 Å². The normalized spacial score (nSPS) is 15.7. The highest BCUT2D eigenvalue weighted by Crippen LogP contribution is 2.29. The Kier molecular flexibility index (Phi) is 3.87. The lowest BCUT2D eigenvalue weighted by atomic mass is 10.1. The summed E-state index contributed by atoms with van der Waals surface area (Å²) < 4.78 is 0. The van der Waals surface area contributed by atoms with Crippen molar-refractivity contribution < 1.29 is 4.79 Å². The monoisotopic (exact) mass is 247 g/mol. The van der Waals surface area contributed by atoms with Crippen LogP contribution in [0.25, 0.3) is 0 Å². The summed E-state index contributed by atoms with van der Waals surface area (Å²) >= 11 is 0. The lowest BCUT2D eigenvalue weighted by molar-refractivity contribution is -0.117. The predicted molar refractivity (Wildman–Crippen MR) is 74.9 cm³/mol. The number of fused-ring (bicyclic) bond motifs is 1. The van der Waals surface area contributed by atoms with Crippen molar-refractivity contribution in [2.75, 3.05) is 30.4 Å². The molecular weight excluding hydrogens is 226 g/mol. The third kappa shape index (κ3) is 2.64. The largest absolute Gasteiger partial charge is 0.385 e. The molecule has 98 valence electrons. The number of benzene rings is 1. The van der Waals surface area contributed by atoms with E-state index in [0.717, 1.165) is 36.4 Å². The molecule has 1 aliphatic heterocycles. The first-order valence-electron chi connectivity index (χ1n) is 6.45. The van der Waals surface area contributed by atoms with Crippen molar-refractivity contribution in [2.24, 2.45) is 11.7 Å². The van der Waals surface area contributed by atoms with Gasteiger partial charge in [-0.05, 0) is 42.6 Å². The fraction of sp³-hybridized carbons (Fsp3) is 0.500. The summed E-state index contributed by atoms with van der Waals surface area (Å²) in [6.07, 6.45) is 1.54. The maximum atomic E-state index is 11.6. The highest BCUT2D eigenvalue weighted by molar-refractivity contribution is 6.01. The lowest BCUT2D eigenvalue weighted by Crippen LogP contribution is -2.20. The summed E-state index contributed by atoms with van der Waals surface area (Å²) in [6, 6.07) is 6.12. The first-order chi connectivity index (χ1) is 8.61. The van der Waals surface area contributed by atoms with Crippen molar-refractivity contribution in [1.29, 1.82) is 0 Å². The van der Waals surface area contributed by atoms with Gasteiger partial charge in [0.15, 0.2) is 0 Å². The second-order valence-corrected chi connectivity index (χ2v) is 5.04. The molecule has 1 unspecified atom stereocenters. The smallest absolute Gasteiger partial charge is 0.231 e. The molecule has 0 fully saturated rings. The van der Waals surface area contributed by atoms with E-state index in [1.165, 1.54) is 0 Å². The van der Waals surface area contributed by atoms with Gasteiger partial charge in [-0.3, -0.25) is 4.79 Å². The first-order valence-corrected chi connectivity index (χ1v) is 6.45. The van der Waals surface area contributed by atoms with Gasteiger partial charge in [0.25, 0.3) is 0 Å². The summed E-state index contributed by atoms with van der Waals surface area (Å²) in [5, 5.41) is 3.40. The predicted octanol–water partition coefficient (Wildman–Crippen LogP) is 1.60. The van der Waals surface area contributed by atoms with E-state index in [0.29, 0.717) is 12.3 Å². The topological polar surface area (TPSA) is 58.4 Å². The molecule has 1 aliphatic rings. The quantitative estimate of drug-likeness (QED) is 0.831. The Labute approximate surface area is 108 Å². The zero-order chi connectivity index (χ0) is 13.1. The van der Waals surface area contributed by atoms with Crippen LogP contribution in [0.4, 0.5) is 11.4 Å². The van der Waals surface area contributed by atoms with Crippen LogP contribution in [0.2, 0.25) is 0 Å². The van der Waals surface area contributed by atoms with Crippen molar-refractivity contribution in [2.45, 2.75) is 19.8 Å². The molecule has 3 N–H and O–H groups in total. The van der Waals surface area contributed by atoms with Crippen LogP contribution in [0.5, 0.6) is 0 Å². The molecule has 0 aliphatic carbocycles. The van der Waals surface area contributed by atoms with Crippen LogP contribution in [0.15, 0.2) is 18.2 Å². The number of rotatable bonds is 5. The van der Waals surface area contributed by atoms with Crippen LogP contribution in [-0.2, 0) is 11.2 Å². The number of hydrogen-bond acceptors (Lipinski definition) is 3. The molecule has 2 rings (SSSR count). The van der Waals surface area contributed by atoms with Gasteiger partial charge in [0, 0.05) is 25.0 Å². The molecule has 1 aromatic rings. The Balaban J connectivity index is 2.00. The molecule has 0 aromatic heterocycles. The van der Waals surface area contributed by atoms with Gasteiger partial charge in [-0.2, -0.15) is 0 Å². The number of likely N-dealkylation sites (N-methyl/N-ethyl adjacent to an activating group) is 1. The molecule has 0 spiro atoms. The van der Waals surface area contributed by atoms with E-state index in [1.54, 1.807) is 4.90 Å². The van der Waals surface area contributed by atoms with Gasteiger partial charge < -0.3 is 16.0 Å². The zero-order valence-corrected chi connectivity index (χ0v) is 11.1. The third-order valence-corrected chi connectivity index (χ3v) is 3.47. The Morgan fingerprint density at radius 2 is 2.28 bits per heavy atom. The molecule has 1 aromatic carbocycles. The highest BCUT2D eigenvalue weighted by atomic mass is 16.2. The van der Waals surface area contributed by atoms with Crippen molar-refractivity contribution >= 4 is 17.3 Å². The molecule has 0 saturated carbocycles. The van der Waals surface area contributed by atoms with Crippen LogP contribution >= 0.6 is 0 Å². The molecule has 1 atom stereocenters. The highest BCUT2D eigenvalue weighted by Gasteiger charge is 2.23. The van der Waals surface area contributed by atoms with E-state index in [1.807, 2.05) is 19.2 Å². The molecule has 4 nitrogen and oxygen atoms in total. The Hall–Kier alpha value is -1.55. The summed E-state index contributed by atoms with van der Waals surface area (Å²) in [5.41, 5.74) is 8.75. The number of carbonyl (C=O) groups is 1. The number of nitrogens with one attached hydrogen (secondary N) is 1. The van der Waals surface area contributed by atoms with Crippen LogP contribution < -0.4 is 16.0 Å². The van der Waals surface area contributed by atoms with E-state index in [-0.39, 0.29) is 5.91 Å². The molecule has 0 saturated heterocycles. The van der Waals surface area contributed by atoms with E-state index in [4.69, 9.17) is 5.73 Å². The number of carbonyl (C=O) groups excluding carboxylic acids is 1. The molecule has 1 amide bonds. The molecule has 4 heteroatoms. The summed E-state index contributed by atoms with van der Waals surface area (Å²) in [5.74, 6) is 0.728. The van der Waals surface area contributed by atoms with E-state index >= 15 is 0 Å². The first kappa shape index (κ1) is 12.9. The van der Waals surface area contributed by atoms with Crippen molar-refractivity contribution in [3.63, 3.8) is 0 Å². The van der Waals surface area contributed by atoms with Crippen molar-refractivity contribution in [1.82, 2.24) is 0 Å². The van der Waals surface area contributed by atoms with Crippen LogP contribution in [0.3, 0.4) is 0 Å². The minimum Gasteiger partial charge on any atom is -0.385 e. The standard InChI is InChI=1S/C14H21N3O/c1-10(5-6-15)9-16-12-3-4-13-11(7-12)8-14(18)17(13)2/h3-4,7,10,16H,5-6,8-9,15H2,1-2H3. The molecule has 0 radical (unpaired) electrons. The summed E-state index contributed by atoms with van der Waals surface area (Å²) in [7, 11) is 1.82. The minimum absolute atomic E-state index is 0.165. The van der Waals surface area contributed by atoms with E-state index < -0.39 is 0 Å². The van der Waals surface area contributed by atoms with Crippen molar-refractivity contribution in [3.8, 4) is 0 Å². The fourth-order valence-corrected chi connectivity index (χ4v) is 2.26. The summed E-state index contributed by atoms with van der Waals surface area (Å²) in [6.45, 7) is 3.83. The Bertz CT molecular complexity index is 445. The van der Waals surface area contributed by atoms with Crippen LogP contribution in [-0.4, -0.2) is 26.0 Å². The number of anilines is 2. The molecule has 1 heterocycles. The van der Waals surface area contributed by atoms with E-state index in [9.17, 15) is 4.79 Å². The fourth-order valence-electron chi connectivity index (χ4n) is 2.26. The second-order valence-electron chi connectivity index (χ2n) is 5.04. The van der Waals surface area contributed by atoms with Gasteiger partial charge in [-0.25, -0.2) is 0 Å². The zero-order valence-electron chi connectivity index (χ0n) is 11.1.